The maximum absolute atomic E-state index is 11.8. The normalized spacial score (nSPS) is 12.0. The van der Waals surface area contributed by atoms with Crippen LogP contribution in [-0.2, 0) is 38.4 Å². The molecular weight excluding hydrogens is 320 g/mol. The zero-order valence-corrected chi connectivity index (χ0v) is 15.5. The van der Waals surface area contributed by atoms with Crippen LogP contribution in [0.15, 0.2) is 0 Å². The Hall–Kier alpha value is -1.67. The van der Waals surface area contributed by atoms with Crippen LogP contribution in [0.3, 0.4) is 0 Å². The summed E-state index contributed by atoms with van der Waals surface area (Å²) in [6.45, 7) is 10.7. The molecule has 140 valence electrons. The van der Waals surface area contributed by atoms with Crippen molar-refractivity contribution < 1.29 is 38.4 Å². The van der Waals surface area contributed by atoms with E-state index in [0.717, 1.165) is 0 Å². The lowest BCUT2D eigenvalue weighted by molar-refractivity contribution is -0.362. The van der Waals surface area contributed by atoms with Crippen molar-refractivity contribution in [3.8, 4) is 0 Å². The van der Waals surface area contributed by atoms with Crippen molar-refractivity contribution in [2.75, 3.05) is 20.0 Å². The number of ether oxygens (including phenoxy) is 3. The quantitative estimate of drug-likeness (QED) is 0.164. The van der Waals surface area contributed by atoms with E-state index in [4.69, 9.17) is 19.2 Å². The van der Waals surface area contributed by atoms with Crippen LogP contribution in [0.2, 0.25) is 0 Å². The SMILES string of the molecule is CC(=O)OCOOC(COC(=O)C(C)(C)C)COC(=O)C(C)(C)C. The van der Waals surface area contributed by atoms with Crippen molar-refractivity contribution >= 4 is 17.9 Å². The van der Waals surface area contributed by atoms with Gasteiger partial charge in [0, 0.05) is 6.92 Å². The lowest BCUT2D eigenvalue weighted by Gasteiger charge is -2.22. The van der Waals surface area contributed by atoms with Crippen molar-refractivity contribution in [3.05, 3.63) is 0 Å². The van der Waals surface area contributed by atoms with E-state index in [-0.39, 0.29) is 13.2 Å². The van der Waals surface area contributed by atoms with E-state index in [1.807, 2.05) is 0 Å². The van der Waals surface area contributed by atoms with Crippen LogP contribution >= 0.6 is 0 Å². The molecule has 24 heavy (non-hydrogen) atoms. The Labute approximate surface area is 142 Å². The van der Waals surface area contributed by atoms with Gasteiger partial charge in [-0.2, -0.15) is 4.89 Å². The molecule has 0 amide bonds. The fraction of sp³-hybridized carbons (Fsp3) is 0.812. The monoisotopic (exact) mass is 348 g/mol. The van der Waals surface area contributed by atoms with Crippen LogP contribution in [-0.4, -0.2) is 44.0 Å². The minimum Gasteiger partial charge on any atom is -0.462 e. The second kappa shape index (κ2) is 9.58. The lowest BCUT2D eigenvalue weighted by Crippen LogP contribution is -2.34. The molecule has 0 aliphatic rings. The Morgan fingerprint density at radius 2 is 1.21 bits per heavy atom. The Morgan fingerprint density at radius 1 is 0.792 bits per heavy atom. The van der Waals surface area contributed by atoms with Gasteiger partial charge in [0.05, 0.1) is 10.8 Å². The molecule has 0 aromatic heterocycles. The van der Waals surface area contributed by atoms with Crippen LogP contribution in [0.5, 0.6) is 0 Å². The summed E-state index contributed by atoms with van der Waals surface area (Å²) < 4.78 is 14.8. The van der Waals surface area contributed by atoms with Gasteiger partial charge in [-0.1, -0.05) is 0 Å². The Morgan fingerprint density at radius 3 is 1.54 bits per heavy atom. The largest absolute Gasteiger partial charge is 0.462 e. The van der Waals surface area contributed by atoms with Crippen LogP contribution in [0.4, 0.5) is 0 Å². The molecule has 8 heteroatoms. The molecule has 0 aromatic carbocycles. The summed E-state index contributed by atoms with van der Waals surface area (Å²) >= 11 is 0. The van der Waals surface area contributed by atoms with Crippen molar-refractivity contribution in [1.82, 2.24) is 0 Å². The molecule has 0 aliphatic heterocycles. The Bertz CT molecular complexity index is 400. The van der Waals surface area contributed by atoms with Crippen LogP contribution < -0.4 is 0 Å². The first-order chi connectivity index (χ1) is 10.8. The molecule has 0 aromatic rings. The number of rotatable bonds is 8. The highest BCUT2D eigenvalue weighted by molar-refractivity contribution is 5.75. The fourth-order valence-electron chi connectivity index (χ4n) is 1.10. The molecule has 0 saturated carbocycles. The third-order valence-electron chi connectivity index (χ3n) is 2.54. The van der Waals surface area contributed by atoms with Gasteiger partial charge in [-0.3, -0.25) is 14.4 Å². The molecule has 0 rings (SSSR count). The second-order valence-corrected chi connectivity index (χ2v) is 7.29. The molecule has 0 atom stereocenters. The minimum absolute atomic E-state index is 0.173. The Kier molecular flexibility index (Phi) is 8.92. The maximum atomic E-state index is 11.8. The highest BCUT2D eigenvalue weighted by Crippen LogP contribution is 2.17. The van der Waals surface area contributed by atoms with Gasteiger partial charge < -0.3 is 14.2 Å². The molecule has 0 saturated heterocycles. The number of carbonyl (C=O) groups excluding carboxylic acids is 3. The molecule has 0 unspecified atom stereocenters. The van der Waals surface area contributed by atoms with Gasteiger partial charge in [0.15, 0.2) is 6.10 Å². The van der Waals surface area contributed by atoms with Crippen molar-refractivity contribution in [3.63, 3.8) is 0 Å². The van der Waals surface area contributed by atoms with Crippen LogP contribution in [0.1, 0.15) is 48.5 Å². The average Bonchev–Trinajstić information content (AvgIpc) is 2.42. The first-order valence-corrected chi connectivity index (χ1v) is 7.60. The van der Waals surface area contributed by atoms with Crippen LogP contribution in [0, 0.1) is 10.8 Å². The second-order valence-electron chi connectivity index (χ2n) is 7.29. The van der Waals surface area contributed by atoms with E-state index in [1.165, 1.54) is 6.92 Å². The number of esters is 3. The molecule has 0 radical (unpaired) electrons. The zero-order valence-electron chi connectivity index (χ0n) is 15.5. The predicted molar refractivity (Wildman–Crippen MR) is 83.4 cm³/mol. The maximum Gasteiger partial charge on any atom is 0.311 e. The summed E-state index contributed by atoms with van der Waals surface area (Å²) in [6.07, 6.45) is -0.849. The van der Waals surface area contributed by atoms with Gasteiger partial charge in [0.2, 0.25) is 6.79 Å². The highest BCUT2D eigenvalue weighted by Gasteiger charge is 2.27. The van der Waals surface area contributed by atoms with Gasteiger partial charge in [-0.15, -0.1) is 0 Å². The first kappa shape index (κ1) is 22.3. The summed E-state index contributed by atoms with van der Waals surface area (Å²) in [4.78, 5) is 43.9. The van der Waals surface area contributed by atoms with E-state index in [0.29, 0.717) is 0 Å². The first-order valence-electron chi connectivity index (χ1n) is 7.60. The fourth-order valence-corrected chi connectivity index (χ4v) is 1.10. The summed E-state index contributed by atoms with van der Waals surface area (Å²) in [5.41, 5.74) is -1.35. The highest BCUT2D eigenvalue weighted by atomic mass is 17.2. The summed E-state index contributed by atoms with van der Waals surface area (Å²) in [5, 5.41) is 0. The van der Waals surface area contributed by atoms with Gasteiger partial charge in [0.1, 0.15) is 13.2 Å². The molecule has 0 fully saturated rings. The van der Waals surface area contributed by atoms with E-state index >= 15 is 0 Å². The molecule has 0 aliphatic carbocycles. The minimum atomic E-state index is -0.849. The number of hydrogen-bond donors (Lipinski definition) is 0. The molecule has 0 heterocycles. The van der Waals surface area contributed by atoms with Crippen LogP contribution in [0.25, 0.3) is 0 Å². The van der Waals surface area contributed by atoms with Gasteiger partial charge in [0.25, 0.3) is 0 Å². The molecule has 0 bridgehead atoms. The third-order valence-corrected chi connectivity index (χ3v) is 2.54. The van der Waals surface area contributed by atoms with E-state index in [9.17, 15) is 14.4 Å². The lowest BCUT2D eigenvalue weighted by atomic mass is 9.97. The third kappa shape index (κ3) is 10.2. The van der Waals surface area contributed by atoms with Crippen molar-refractivity contribution in [1.29, 1.82) is 0 Å². The van der Waals surface area contributed by atoms with Gasteiger partial charge in [-0.05, 0) is 41.5 Å². The topological polar surface area (TPSA) is 97.4 Å². The van der Waals surface area contributed by atoms with E-state index < -0.39 is 41.6 Å². The molecular formula is C16H28O8. The summed E-state index contributed by atoms with van der Waals surface area (Å²) in [6, 6.07) is 0. The average molecular weight is 348 g/mol. The zero-order chi connectivity index (χ0) is 19.0. The van der Waals surface area contributed by atoms with Gasteiger partial charge in [-0.25, -0.2) is 4.89 Å². The molecule has 0 spiro atoms. The van der Waals surface area contributed by atoms with Crippen molar-refractivity contribution in [2.24, 2.45) is 10.8 Å². The van der Waals surface area contributed by atoms with Gasteiger partial charge >= 0.3 is 17.9 Å². The standard InChI is InChI=1S/C16H28O8/c1-11(17)22-10-23-24-12(8-20-13(18)15(2,3)4)9-21-14(19)16(5,6)7/h12H,8-10H2,1-7H3. The predicted octanol–water partition coefficient (Wildman–Crippen LogP) is 2.00. The molecule has 0 N–H and O–H groups in total. The smallest absolute Gasteiger partial charge is 0.311 e. The van der Waals surface area contributed by atoms with Crippen molar-refractivity contribution in [2.45, 2.75) is 54.6 Å². The summed E-state index contributed by atoms with van der Waals surface area (Å²) in [5.74, 6) is -1.40. The molecule has 8 nitrogen and oxygen atoms in total. The summed E-state index contributed by atoms with van der Waals surface area (Å²) in [7, 11) is 0. The van der Waals surface area contributed by atoms with E-state index in [2.05, 4.69) is 4.74 Å². The number of carbonyl (C=O) groups is 3. The van der Waals surface area contributed by atoms with E-state index in [1.54, 1.807) is 41.5 Å². The number of hydrogen-bond acceptors (Lipinski definition) is 8. The Balaban J connectivity index is 4.51.